The predicted octanol–water partition coefficient (Wildman–Crippen LogP) is 1.63. The fourth-order valence-corrected chi connectivity index (χ4v) is 2.33. The molecule has 0 aliphatic carbocycles. The molecular formula is C15H19N3O4. The van der Waals surface area contributed by atoms with E-state index in [1.165, 1.54) is 0 Å². The quantitative estimate of drug-likeness (QED) is 0.790. The Morgan fingerprint density at radius 1 is 1.32 bits per heavy atom. The van der Waals surface area contributed by atoms with Crippen molar-refractivity contribution in [2.24, 2.45) is 0 Å². The first kappa shape index (κ1) is 15.8. The van der Waals surface area contributed by atoms with Crippen LogP contribution in [0.25, 0.3) is 0 Å². The summed E-state index contributed by atoms with van der Waals surface area (Å²) in [6.45, 7) is 5.66. The van der Waals surface area contributed by atoms with Gasteiger partial charge in [-0.25, -0.2) is 19.3 Å². The zero-order valence-corrected chi connectivity index (χ0v) is 12.7. The fourth-order valence-electron chi connectivity index (χ4n) is 2.33. The molecule has 1 unspecified atom stereocenters. The van der Waals surface area contributed by atoms with Gasteiger partial charge in [0.1, 0.15) is 0 Å². The van der Waals surface area contributed by atoms with Crippen molar-refractivity contribution in [3.05, 3.63) is 35.4 Å². The van der Waals surface area contributed by atoms with Gasteiger partial charge in [-0.1, -0.05) is 29.8 Å². The molecule has 0 aromatic heterocycles. The largest absolute Gasteiger partial charge is 0.479 e. The maximum absolute atomic E-state index is 12.3. The number of aryl methyl sites for hydroxylation is 1. The molecule has 1 aliphatic rings. The molecule has 1 aromatic rings. The number of carbonyl (C=O) groups is 3. The molecule has 1 aliphatic heterocycles. The minimum Gasteiger partial charge on any atom is -0.479 e. The van der Waals surface area contributed by atoms with Crippen LogP contribution in [0, 0.1) is 6.92 Å². The minimum absolute atomic E-state index is 0.321. The molecule has 7 heteroatoms. The third-order valence-corrected chi connectivity index (χ3v) is 3.61. The molecule has 118 valence electrons. The third-order valence-electron chi connectivity index (χ3n) is 3.61. The zero-order chi connectivity index (χ0) is 16.5. The first-order valence-electron chi connectivity index (χ1n) is 6.90. The van der Waals surface area contributed by atoms with E-state index in [9.17, 15) is 19.5 Å². The van der Waals surface area contributed by atoms with Crippen molar-refractivity contribution in [2.45, 2.75) is 32.4 Å². The number of amides is 4. The number of hydrogen-bond acceptors (Lipinski definition) is 3. The zero-order valence-electron chi connectivity index (χ0n) is 12.7. The van der Waals surface area contributed by atoms with Crippen LogP contribution in [-0.2, 0) is 4.79 Å². The Kier molecular flexibility index (Phi) is 4.07. The van der Waals surface area contributed by atoms with Gasteiger partial charge in [-0.15, -0.1) is 0 Å². The number of aliphatic carboxylic acids is 1. The number of benzene rings is 1. The number of carboxylic acid groups (broad SMARTS) is 1. The van der Waals surface area contributed by atoms with Crippen LogP contribution in [0.4, 0.5) is 9.59 Å². The van der Waals surface area contributed by atoms with Gasteiger partial charge in [-0.3, -0.25) is 0 Å². The van der Waals surface area contributed by atoms with E-state index in [4.69, 9.17) is 0 Å². The number of nitrogens with zero attached hydrogens (tertiary/aromatic N) is 1. The highest BCUT2D eigenvalue weighted by Crippen LogP contribution is 2.21. The average molecular weight is 305 g/mol. The highest BCUT2D eigenvalue weighted by Gasteiger charge is 2.43. The number of imide groups is 1. The minimum atomic E-state index is -1.21. The van der Waals surface area contributed by atoms with Gasteiger partial charge in [0.25, 0.3) is 0 Å². The van der Waals surface area contributed by atoms with Gasteiger partial charge in [-0.2, -0.15) is 0 Å². The summed E-state index contributed by atoms with van der Waals surface area (Å²) in [4.78, 5) is 36.5. The highest BCUT2D eigenvalue weighted by molar-refractivity contribution is 5.97. The Bertz CT molecular complexity index is 610. The Morgan fingerprint density at radius 3 is 2.36 bits per heavy atom. The summed E-state index contributed by atoms with van der Waals surface area (Å²) < 4.78 is 0. The van der Waals surface area contributed by atoms with Crippen molar-refractivity contribution < 1.29 is 19.5 Å². The maximum atomic E-state index is 12.3. The molecule has 4 amide bonds. The summed E-state index contributed by atoms with van der Waals surface area (Å²) >= 11 is 0. The second-order valence-electron chi connectivity index (χ2n) is 5.94. The Balaban J connectivity index is 2.21. The molecule has 1 fully saturated rings. The summed E-state index contributed by atoms with van der Waals surface area (Å²) in [6.07, 6.45) is 0. The molecule has 1 heterocycles. The smallest absolute Gasteiger partial charge is 0.330 e. The topological polar surface area (TPSA) is 98.7 Å². The standard InChI is InChI=1S/C15H19N3O4/c1-9-4-6-10(7-5-9)11(12(19)20)17-14(22)18-13(21)16-8-15(18,2)3/h4-7,11H,8H2,1-3H3,(H,16,21)(H,17,22)(H,19,20). The van der Waals surface area contributed by atoms with Crippen molar-refractivity contribution in [2.75, 3.05) is 6.54 Å². The first-order chi connectivity index (χ1) is 10.2. The van der Waals surface area contributed by atoms with Crippen molar-refractivity contribution >= 4 is 18.0 Å². The van der Waals surface area contributed by atoms with E-state index in [2.05, 4.69) is 10.6 Å². The Morgan fingerprint density at radius 2 is 1.91 bits per heavy atom. The van der Waals surface area contributed by atoms with E-state index in [-0.39, 0.29) is 0 Å². The molecule has 0 bridgehead atoms. The normalized spacial score (nSPS) is 17.8. The second kappa shape index (κ2) is 5.67. The molecule has 1 aromatic carbocycles. The lowest BCUT2D eigenvalue weighted by molar-refractivity contribution is -0.139. The lowest BCUT2D eigenvalue weighted by atomic mass is 10.0. The average Bonchev–Trinajstić information content (AvgIpc) is 2.70. The van der Waals surface area contributed by atoms with Crippen molar-refractivity contribution in [3.8, 4) is 0 Å². The number of urea groups is 2. The molecule has 2 rings (SSSR count). The monoisotopic (exact) mass is 305 g/mol. The molecule has 3 N–H and O–H groups in total. The van der Waals surface area contributed by atoms with Crippen LogP contribution in [0.2, 0.25) is 0 Å². The van der Waals surface area contributed by atoms with Crippen molar-refractivity contribution in [3.63, 3.8) is 0 Å². The van der Waals surface area contributed by atoms with E-state index >= 15 is 0 Å². The van der Waals surface area contributed by atoms with E-state index < -0.39 is 29.6 Å². The van der Waals surface area contributed by atoms with E-state index in [0.29, 0.717) is 12.1 Å². The van der Waals surface area contributed by atoms with Crippen LogP contribution < -0.4 is 10.6 Å². The van der Waals surface area contributed by atoms with E-state index in [1.807, 2.05) is 6.92 Å². The summed E-state index contributed by atoms with van der Waals surface area (Å²) in [6, 6.07) is 4.35. The lowest BCUT2D eigenvalue weighted by Gasteiger charge is -2.29. The van der Waals surface area contributed by atoms with Crippen LogP contribution in [0.1, 0.15) is 31.0 Å². The third kappa shape index (κ3) is 3.03. The molecular weight excluding hydrogens is 286 g/mol. The number of rotatable bonds is 3. The number of hydrogen-bond donors (Lipinski definition) is 3. The van der Waals surface area contributed by atoms with Gasteiger partial charge in [0.2, 0.25) is 0 Å². The van der Waals surface area contributed by atoms with Crippen molar-refractivity contribution in [1.29, 1.82) is 0 Å². The molecule has 1 atom stereocenters. The fraction of sp³-hybridized carbons (Fsp3) is 0.400. The van der Waals surface area contributed by atoms with Gasteiger partial charge in [0, 0.05) is 6.54 Å². The predicted molar refractivity (Wildman–Crippen MR) is 79.4 cm³/mol. The maximum Gasteiger partial charge on any atom is 0.330 e. The number of carboxylic acids is 1. The van der Waals surface area contributed by atoms with Crippen LogP contribution in [0.15, 0.2) is 24.3 Å². The van der Waals surface area contributed by atoms with Crippen LogP contribution in [0.3, 0.4) is 0 Å². The summed E-state index contributed by atoms with van der Waals surface area (Å²) in [5.41, 5.74) is 0.723. The van der Waals surface area contributed by atoms with E-state index in [0.717, 1.165) is 10.5 Å². The molecule has 0 radical (unpaired) electrons. The molecule has 0 spiro atoms. The molecule has 0 saturated carbocycles. The van der Waals surface area contributed by atoms with Gasteiger partial charge < -0.3 is 15.7 Å². The first-order valence-corrected chi connectivity index (χ1v) is 6.90. The van der Waals surface area contributed by atoms with Gasteiger partial charge in [-0.05, 0) is 26.3 Å². The van der Waals surface area contributed by atoms with Crippen LogP contribution >= 0.6 is 0 Å². The van der Waals surface area contributed by atoms with Gasteiger partial charge in [0.05, 0.1) is 5.54 Å². The highest BCUT2D eigenvalue weighted by atomic mass is 16.4. The Labute approximate surface area is 128 Å². The summed E-state index contributed by atoms with van der Waals surface area (Å²) in [5, 5.41) is 14.3. The van der Waals surface area contributed by atoms with Crippen LogP contribution in [-0.4, -0.2) is 40.1 Å². The lowest BCUT2D eigenvalue weighted by Crippen LogP contribution is -2.52. The second-order valence-corrected chi connectivity index (χ2v) is 5.94. The Hall–Kier alpha value is -2.57. The summed E-state index contributed by atoms with van der Waals surface area (Å²) in [5.74, 6) is -1.19. The van der Waals surface area contributed by atoms with Gasteiger partial charge in [0.15, 0.2) is 6.04 Å². The summed E-state index contributed by atoms with van der Waals surface area (Å²) in [7, 11) is 0. The number of carbonyl (C=O) groups excluding carboxylic acids is 2. The van der Waals surface area contributed by atoms with Crippen LogP contribution in [0.5, 0.6) is 0 Å². The van der Waals surface area contributed by atoms with E-state index in [1.54, 1.807) is 38.1 Å². The molecule has 22 heavy (non-hydrogen) atoms. The SMILES string of the molecule is Cc1ccc(C(NC(=O)N2C(=O)NCC2(C)C)C(=O)O)cc1. The molecule has 1 saturated heterocycles. The van der Waals surface area contributed by atoms with Crippen molar-refractivity contribution in [1.82, 2.24) is 15.5 Å². The number of nitrogens with one attached hydrogen (secondary N) is 2. The molecule has 7 nitrogen and oxygen atoms in total. The van der Waals surface area contributed by atoms with Gasteiger partial charge >= 0.3 is 18.0 Å².